The summed E-state index contributed by atoms with van der Waals surface area (Å²) in [5, 5.41) is 7.08. The molecule has 3 fully saturated rings. The first kappa shape index (κ1) is 16.6. The van der Waals surface area contributed by atoms with Gasteiger partial charge in [0.25, 0.3) is 0 Å². The highest BCUT2D eigenvalue weighted by molar-refractivity contribution is 5.81. The third-order valence-electron chi connectivity index (χ3n) is 5.96. The summed E-state index contributed by atoms with van der Waals surface area (Å²) in [5.74, 6) is 2.20. The second kappa shape index (κ2) is 6.70. The quantitative estimate of drug-likeness (QED) is 0.602. The lowest BCUT2D eigenvalue weighted by Gasteiger charge is -2.43. The van der Waals surface area contributed by atoms with Crippen molar-refractivity contribution in [1.82, 2.24) is 15.5 Å². The van der Waals surface area contributed by atoms with Gasteiger partial charge < -0.3 is 15.5 Å². The number of aliphatic imine (C=N–C) groups is 1. The predicted molar refractivity (Wildman–Crippen MR) is 93.3 cm³/mol. The molecule has 0 bridgehead atoms. The molecule has 0 radical (unpaired) electrons. The Morgan fingerprint density at radius 2 is 2.04 bits per heavy atom. The maximum atomic E-state index is 12.1. The van der Waals surface area contributed by atoms with Crippen LogP contribution >= 0.6 is 0 Å². The molecule has 5 nitrogen and oxygen atoms in total. The van der Waals surface area contributed by atoms with Gasteiger partial charge in [-0.1, -0.05) is 20.3 Å². The average Bonchev–Trinajstić information content (AvgIpc) is 3.23. The molecule has 1 atom stereocenters. The second-order valence-corrected chi connectivity index (χ2v) is 7.98. The number of amides is 1. The van der Waals surface area contributed by atoms with Crippen LogP contribution in [0, 0.1) is 17.3 Å². The summed E-state index contributed by atoms with van der Waals surface area (Å²) >= 11 is 0. The van der Waals surface area contributed by atoms with E-state index in [0.29, 0.717) is 11.5 Å². The number of nitrogens with zero attached hydrogens (tertiary/aromatic N) is 2. The first-order chi connectivity index (χ1) is 11.0. The van der Waals surface area contributed by atoms with Crippen LogP contribution in [0.2, 0.25) is 0 Å². The van der Waals surface area contributed by atoms with E-state index < -0.39 is 0 Å². The van der Waals surface area contributed by atoms with Gasteiger partial charge in [-0.25, -0.2) is 0 Å². The van der Waals surface area contributed by atoms with Gasteiger partial charge in [0.15, 0.2) is 5.96 Å². The number of carbonyl (C=O) groups is 1. The van der Waals surface area contributed by atoms with Crippen LogP contribution in [-0.4, -0.2) is 49.5 Å². The molecule has 1 amide bonds. The van der Waals surface area contributed by atoms with E-state index in [1.165, 1.54) is 32.1 Å². The summed E-state index contributed by atoms with van der Waals surface area (Å²) in [6.07, 6.45) is 7.99. The predicted octanol–water partition coefficient (Wildman–Crippen LogP) is 1.99. The van der Waals surface area contributed by atoms with Crippen molar-refractivity contribution < 1.29 is 4.79 Å². The molecular weight excluding hydrogens is 288 g/mol. The molecule has 1 aliphatic heterocycles. The van der Waals surface area contributed by atoms with Crippen LogP contribution < -0.4 is 10.6 Å². The number of nitrogens with one attached hydrogen (secondary N) is 2. The van der Waals surface area contributed by atoms with Gasteiger partial charge in [-0.2, -0.15) is 0 Å². The van der Waals surface area contributed by atoms with E-state index in [-0.39, 0.29) is 11.8 Å². The van der Waals surface area contributed by atoms with Crippen LogP contribution in [0.4, 0.5) is 0 Å². The Morgan fingerprint density at radius 1 is 1.30 bits per heavy atom. The van der Waals surface area contributed by atoms with Crippen LogP contribution in [0.15, 0.2) is 4.99 Å². The number of hydrogen-bond donors (Lipinski definition) is 2. The second-order valence-electron chi connectivity index (χ2n) is 7.98. The van der Waals surface area contributed by atoms with Crippen LogP contribution in [0.25, 0.3) is 0 Å². The third-order valence-corrected chi connectivity index (χ3v) is 5.96. The minimum Gasteiger partial charge on any atom is -0.356 e. The zero-order valence-corrected chi connectivity index (χ0v) is 14.9. The number of hydrogen-bond acceptors (Lipinski definition) is 2. The van der Waals surface area contributed by atoms with Gasteiger partial charge in [-0.15, -0.1) is 0 Å². The smallest absolute Gasteiger partial charge is 0.225 e. The average molecular weight is 320 g/mol. The van der Waals surface area contributed by atoms with E-state index in [1.807, 2.05) is 25.8 Å². The Labute approximate surface area is 140 Å². The maximum Gasteiger partial charge on any atom is 0.225 e. The Kier molecular flexibility index (Phi) is 4.83. The standard InChI is InChI=1S/C18H32N4O/c1-13(2)16(23)22-10-7-15(11-22)21-17(19-3)20-12-18(8-4-9-18)14-5-6-14/h13-15H,4-12H2,1-3H3,(H2,19,20,21). The normalized spacial score (nSPS) is 27.0. The molecule has 0 spiro atoms. The van der Waals surface area contributed by atoms with Crippen molar-refractivity contribution in [1.29, 1.82) is 0 Å². The molecule has 1 heterocycles. The number of rotatable bonds is 5. The lowest BCUT2D eigenvalue weighted by molar-refractivity contribution is -0.133. The first-order valence-electron chi connectivity index (χ1n) is 9.30. The lowest BCUT2D eigenvalue weighted by atomic mass is 9.65. The minimum absolute atomic E-state index is 0.0863. The molecule has 23 heavy (non-hydrogen) atoms. The highest BCUT2D eigenvalue weighted by atomic mass is 16.2. The van der Waals surface area contributed by atoms with Gasteiger partial charge in [0.05, 0.1) is 0 Å². The van der Waals surface area contributed by atoms with E-state index in [4.69, 9.17) is 0 Å². The Bertz CT molecular complexity index is 466. The van der Waals surface area contributed by atoms with Gasteiger partial charge in [0.1, 0.15) is 0 Å². The molecule has 2 saturated carbocycles. The van der Waals surface area contributed by atoms with E-state index in [9.17, 15) is 4.79 Å². The van der Waals surface area contributed by atoms with Crippen LogP contribution in [0.3, 0.4) is 0 Å². The van der Waals surface area contributed by atoms with Crippen molar-refractivity contribution in [2.75, 3.05) is 26.7 Å². The van der Waals surface area contributed by atoms with Crippen LogP contribution in [0.1, 0.15) is 52.4 Å². The van der Waals surface area contributed by atoms with E-state index in [0.717, 1.165) is 37.9 Å². The fraction of sp³-hybridized carbons (Fsp3) is 0.889. The van der Waals surface area contributed by atoms with Crippen LogP contribution in [-0.2, 0) is 4.79 Å². The maximum absolute atomic E-state index is 12.1. The monoisotopic (exact) mass is 320 g/mol. The number of likely N-dealkylation sites (tertiary alicyclic amines) is 1. The fourth-order valence-corrected chi connectivity index (χ4v) is 4.15. The van der Waals surface area contributed by atoms with E-state index in [1.54, 1.807) is 0 Å². The van der Waals surface area contributed by atoms with Crippen molar-refractivity contribution in [2.24, 2.45) is 22.2 Å². The molecule has 0 aromatic heterocycles. The highest BCUT2D eigenvalue weighted by Gasteiger charge is 2.48. The molecule has 2 aliphatic carbocycles. The van der Waals surface area contributed by atoms with Gasteiger partial charge >= 0.3 is 0 Å². The molecule has 1 saturated heterocycles. The van der Waals surface area contributed by atoms with Crippen molar-refractivity contribution in [3.8, 4) is 0 Å². The van der Waals surface area contributed by atoms with Crippen molar-refractivity contribution in [3.63, 3.8) is 0 Å². The summed E-state index contributed by atoms with van der Waals surface area (Å²) in [6, 6.07) is 0.321. The third kappa shape index (κ3) is 3.64. The highest BCUT2D eigenvalue weighted by Crippen LogP contribution is 2.56. The molecule has 3 aliphatic rings. The number of guanidine groups is 1. The SMILES string of the molecule is CN=C(NCC1(C2CC2)CCC1)NC1CCN(C(=O)C(C)C)C1. The minimum atomic E-state index is 0.0863. The first-order valence-corrected chi connectivity index (χ1v) is 9.30. The zero-order chi connectivity index (χ0) is 16.4. The van der Waals surface area contributed by atoms with E-state index in [2.05, 4.69) is 15.6 Å². The summed E-state index contributed by atoms with van der Waals surface area (Å²) in [5.41, 5.74) is 0.549. The summed E-state index contributed by atoms with van der Waals surface area (Å²) < 4.78 is 0. The lowest BCUT2D eigenvalue weighted by Crippen LogP contribution is -2.50. The van der Waals surface area contributed by atoms with Gasteiger partial charge in [0, 0.05) is 38.6 Å². The molecule has 0 aromatic carbocycles. The van der Waals surface area contributed by atoms with Crippen molar-refractivity contribution in [3.05, 3.63) is 0 Å². The van der Waals surface area contributed by atoms with Gasteiger partial charge in [0.2, 0.25) is 5.91 Å². The Balaban J connectivity index is 1.46. The molecule has 5 heteroatoms. The topological polar surface area (TPSA) is 56.7 Å². The van der Waals surface area contributed by atoms with E-state index >= 15 is 0 Å². The van der Waals surface area contributed by atoms with Gasteiger partial charge in [-0.05, 0) is 43.4 Å². The molecule has 0 aromatic rings. The van der Waals surface area contributed by atoms with Crippen molar-refractivity contribution >= 4 is 11.9 Å². The number of carbonyl (C=O) groups excluding carboxylic acids is 1. The molecule has 130 valence electrons. The molecule has 1 unspecified atom stereocenters. The summed E-state index contributed by atoms with van der Waals surface area (Å²) in [6.45, 7) is 6.65. The molecule has 2 N–H and O–H groups in total. The fourth-order valence-electron chi connectivity index (χ4n) is 4.15. The summed E-state index contributed by atoms with van der Waals surface area (Å²) in [4.78, 5) is 18.5. The van der Waals surface area contributed by atoms with Gasteiger partial charge in [-0.3, -0.25) is 9.79 Å². The molecular formula is C18H32N4O. The van der Waals surface area contributed by atoms with Crippen molar-refractivity contribution in [2.45, 2.75) is 58.4 Å². The Hall–Kier alpha value is -1.26. The Morgan fingerprint density at radius 3 is 2.57 bits per heavy atom. The summed E-state index contributed by atoms with van der Waals surface area (Å²) in [7, 11) is 1.84. The largest absolute Gasteiger partial charge is 0.356 e. The molecule has 3 rings (SSSR count). The zero-order valence-electron chi connectivity index (χ0n) is 14.9. The van der Waals surface area contributed by atoms with Crippen LogP contribution in [0.5, 0.6) is 0 Å².